The number of pyridine rings is 1. The van der Waals surface area contributed by atoms with Crippen LogP contribution in [-0.2, 0) is 21.4 Å². The number of benzene rings is 3. The average Bonchev–Trinajstić information content (AvgIpc) is 2.89. The van der Waals surface area contributed by atoms with Gasteiger partial charge in [-0.15, -0.1) is 0 Å². The van der Waals surface area contributed by atoms with Gasteiger partial charge in [0.25, 0.3) is 0 Å². The summed E-state index contributed by atoms with van der Waals surface area (Å²) in [4.78, 5) is 17.3. The van der Waals surface area contributed by atoms with Crippen LogP contribution in [0, 0.1) is 6.92 Å². The Kier molecular flexibility index (Phi) is 8.76. The molecule has 2 N–H and O–H groups in total. The van der Waals surface area contributed by atoms with Crippen molar-refractivity contribution in [3.8, 4) is 0 Å². The summed E-state index contributed by atoms with van der Waals surface area (Å²) >= 11 is 6.05. The van der Waals surface area contributed by atoms with Gasteiger partial charge in [0.15, 0.2) is 0 Å². The summed E-state index contributed by atoms with van der Waals surface area (Å²) in [6.45, 7) is 2.76. The molecule has 192 valence electrons. The molecule has 0 bridgehead atoms. The minimum absolute atomic E-state index is 0.102. The van der Waals surface area contributed by atoms with Crippen molar-refractivity contribution in [2.75, 3.05) is 25.0 Å². The number of rotatable bonds is 11. The molecular weight excluding hydrogens is 508 g/mol. The van der Waals surface area contributed by atoms with Crippen molar-refractivity contribution >= 4 is 44.1 Å². The van der Waals surface area contributed by atoms with Gasteiger partial charge in [0.2, 0.25) is 15.9 Å². The lowest BCUT2D eigenvalue weighted by molar-refractivity contribution is -0.121. The Bertz CT molecular complexity index is 1460. The van der Waals surface area contributed by atoms with Gasteiger partial charge in [-0.2, -0.15) is 4.31 Å². The topological polar surface area (TPSA) is 91.4 Å². The third-order valence-electron chi connectivity index (χ3n) is 5.88. The lowest BCUT2D eigenvalue weighted by Crippen LogP contribution is -2.40. The number of carbonyl (C=O) groups excluding carboxylic acids is 1. The van der Waals surface area contributed by atoms with Crippen molar-refractivity contribution in [1.82, 2.24) is 14.6 Å². The van der Waals surface area contributed by atoms with Gasteiger partial charge < -0.3 is 10.6 Å². The van der Waals surface area contributed by atoms with Gasteiger partial charge in [0.1, 0.15) is 0 Å². The highest BCUT2D eigenvalue weighted by atomic mass is 35.5. The number of aromatic nitrogens is 1. The van der Waals surface area contributed by atoms with Gasteiger partial charge in [-0.05, 0) is 55.3 Å². The highest BCUT2D eigenvalue weighted by Crippen LogP contribution is 2.24. The van der Waals surface area contributed by atoms with E-state index in [1.807, 2.05) is 61.5 Å². The number of sulfonamides is 1. The summed E-state index contributed by atoms with van der Waals surface area (Å²) in [6.07, 6.45) is 2.38. The van der Waals surface area contributed by atoms with Crippen LogP contribution in [0.5, 0.6) is 0 Å². The van der Waals surface area contributed by atoms with E-state index in [0.29, 0.717) is 24.5 Å². The number of hydrogen-bond donors (Lipinski definition) is 2. The third-order valence-corrected chi connectivity index (χ3v) is 7.92. The van der Waals surface area contributed by atoms with E-state index >= 15 is 0 Å². The maximum absolute atomic E-state index is 13.4. The predicted octanol–water partition coefficient (Wildman–Crippen LogP) is 5.01. The first-order valence-electron chi connectivity index (χ1n) is 12.0. The van der Waals surface area contributed by atoms with Crippen LogP contribution in [0.3, 0.4) is 0 Å². The molecule has 7 nitrogen and oxygen atoms in total. The highest BCUT2D eigenvalue weighted by molar-refractivity contribution is 7.89. The van der Waals surface area contributed by atoms with E-state index in [1.54, 1.807) is 30.5 Å². The molecule has 4 aromatic rings. The molecule has 0 saturated heterocycles. The fraction of sp³-hybridized carbons (Fsp3) is 0.214. The fourth-order valence-electron chi connectivity index (χ4n) is 3.90. The van der Waals surface area contributed by atoms with E-state index in [0.717, 1.165) is 27.7 Å². The minimum atomic E-state index is -3.86. The van der Waals surface area contributed by atoms with Gasteiger partial charge in [-0.1, -0.05) is 59.6 Å². The monoisotopic (exact) mass is 536 g/mol. The second-order valence-corrected chi connectivity index (χ2v) is 11.1. The first kappa shape index (κ1) is 26.6. The number of nitrogens with zero attached hydrogens (tertiary/aromatic N) is 2. The van der Waals surface area contributed by atoms with Crippen LogP contribution >= 0.6 is 11.6 Å². The Balaban J connectivity index is 1.35. The van der Waals surface area contributed by atoms with Crippen molar-refractivity contribution in [3.05, 3.63) is 101 Å². The molecule has 1 aromatic heterocycles. The van der Waals surface area contributed by atoms with E-state index < -0.39 is 10.0 Å². The fourth-order valence-corrected chi connectivity index (χ4v) is 5.45. The van der Waals surface area contributed by atoms with Gasteiger partial charge in [-0.3, -0.25) is 9.78 Å². The molecule has 0 unspecified atom stereocenters. The number of halogens is 1. The molecule has 1 amide bonds. The van der Waals surface area contributed by atoms with Crippen molar-refractivity contribution in [3.63, 3.8) is 0 Å². The van der Waals surface area contributed by atoms with Crippen LogP contribution in [0.2, 0.25) is 5.02 Å². The van der Waals surface area contributed by atoms with Crippen LogP contribution in [-0.4, -0.2) is 43.2 Å². The zero-order valence-corrected chi connectivity index (χ0v) is 22.1. The lowest BCUT2D eigenvalue weighted by Gasteiger charge is -2.22. The summed E-state index contributed by atoms with van der Waals surface area (Å²) in [5, 5.41) is 7.81. The quantitative estimate of drug-likeness (QED) is 0.263. The normalized spacial score (nSPS) is 11.5. The summed E-state index contributed by atoms with van der Waals surface area (Å²) in [6, 6.07) is 23.4. The van der Waals surface area contributed by atoms with Crippen molar-refractivity contribution in [2.24, 2.45) is 0 Å². The largest absolute Gasteiger partial charge is 0.384 e. The van der Waals surface area contributed by atoms with Crippen LogP contribution in [0.25, 0.3) is 10.9 Å². The lowest BCUT2D eigenvalue weighted by atomic mass is 10.2. The standard InChI is InChI=1S/C28H29ClN4O3S/c1-21-8-11-24(12-9-21)37(35,36)33(19-22-6-3-2-4-7-22)20-28(34)32-16-5-15-30-26-14-17-31-27-18-23(29)10-13-25(26)27/h2-4,6-14,17-18H,5,15-16,19-20H2,1H3,(H,30,31)(H,32,34). The molecule has 0 radical (unpaired) electrons. The number of nitrogens with one attached hydrogen (secondary N) is 2. The summed E-state index contributed by atoms with van der Waals surface area (Å²) in [5.41, 5.74) is 3.51. The second kappa shape index (κ2) is 12.2. The highest BCUT2D eigenvalue weighted by Gasteiger charge is 2.26. The molecule has 0 aliphatic rings. The van der Waals surface area contributed by atoms with E-state index in [4.69, 9.17) is 11.6 Å². The number of amides is 1. The SMILES string of the molecule is Cc1ccc(S(=O)(=O)N(CC(=O)NCCCNc2ccnc3cc(Cl)ccc23)Cc2ccccc2)cc1. The number of carbonyl (C=O) groups is 1. The molecule has 3 aromatic carbocycles. The first-order valence-corrected chi connectivity index (χ1v) is 13.8. The second-order valence-electron chi connectivity index (χ2n) is 8.72. The molecular formula is C28H29ClN4O3S. The average molecular weight is 537 g/mol. The predicted molar refractivity (Wildman–Crippen MR) is 148 cm³/mol. The van der Waals surface area contributed by atoms with Crippen LogP contribution < -0.4 is 10.6 Å². The smallest absolute Gasteiger partial charge is 0.243 e. The van der Waals surface area contributed by atoms with Crippen molar-refractivity contribution < 1.29 is 13.2 Å². The van der Waals surface area contributed by atoms with Gasteiger partial charge in [-0.25, -0.2) is 8.42 Å². The third kappa shape index (κ3) is 7.07. The van der Waals surface area contributed by atoms with E-state index in [9.17, 15) is 13.2 Å². The first-order chi connectivity index (χ1) is 17.8. The number of aryl methyl sites for hydroxylation is 1. The molecule has 0 aliphatic carbocycles. The Labute approximate surface area is 222 Å². The molecule has 0 fully saturated rings. The van der Waals surface area contributed by atoms with Gasteiger partial charge >= 0.3 is 0 Å². The zero-order chi connectivity index (χ0) is 26.3. The molecule has 0 saturated carbocycles. The molecule has 37 heavy (non-hydrogen) atoms. The van der Waals surface area contributed by atoms with Crippen LogP contribution in [0.1, 0.15) is 17.5 Å². The summed E-state index contributed by atoms with van der Waals surface area (Å²) in [7, 11) is -3.86. The molecule has 0 atom stereocenters. The van der Waals surface area contributed by atoms with Crippen molar-refractivity contribution in [2.45, 2.75) is 24.8 Å². The number of hydrogen-bond acceptors (Lipinski definition) is 5. The molecule has 4 rings (SSSR count). The molecule has 1 heterocycles. The Hall–Kier alpha value is -3.46. The summed E-state index contributed by atoms with van der Waals surface area (Å²) < 4.78 is 28.0. The minimum Gasteiger partial charge on any atom is -0.384 e. The maximum atomic E-state index is 13.4. The van der Waals surface area contributed by atoms with Gasteiger partial charge in [0, 0.05) is 41.9 Å². The summed E-state index contributed by atoms with van der Waals surface area (Å²) in [5.74, 6) is -0.351. The van der Waals surface area contributed by atoms with Crippen molar-refractivity contribution in [1.29, 1.82) is 0 Å². The number of fused-ring (bicyclic) bond motifs is 1. The van der Waals surface area contributed by atoms with E-state index in [1.165, 1.54) is 4.31 Å². The Morgan fingerprint density at radius 3 is 2.49 bits per heavy atom. The Morgan fingerprint density at radius 2 is 1.73 bits per heavy atom. The number of anilines is 1. The van der Waals surface area contributed by atoms with E-state index in [-0.39, 0.29) is 23.9 Å². The molecule has 0 aliphatic heterocycles. The molecule has 0 spiro atoms. The van der Waals surface area contributed by atoms with Crippen LogP contribution in [0.15, 0.2) is 90.0 Å². The molecule has 9 heteroatoms. The maximum Gasteiger partial charge on any atom is 0.243 e. The zero-order valence-electron chi connectivity index (χ0n) is 20.5. The van der Waals surface area contributed by atoms with Crippen LogP contribution in [0.4, 0.5) is 5.69 Å². The van der Waals surface area contributed by atoms with Gasteiger partial charge in [0.05, 0.1) is 17.0 Å². The van der Waals surface area contributed by atoms with E-state index in [2.05, 4.69) is 15.6 Å². The Morgan fingerprint density at radius 1 is 0.973 bits per heavy atom.